The molecule has 7 heteroatoms. The van der Waals surface area contributed by atoms with Crippen molar-refractivity contribution in [2.45, 2.75) is 0 Å². The Morgan fingerprint density at radius 2 is 2.20 bits per heavy atom. The Morgan fingerprint density at radius 3 is 2.80 bits per heavy atom. The molecule has 0 radical (unpaired) electrons. The van der Waals surface area contributed by atoms with Crippen molar-refractivity contribution in [3.63, 3.8) is 0 Å². The number of nitrogens with zero attached hydrogens (tertiary/aromatic N) is 1. The first-order valence-electron chi connectivity index (χ1n) is 4.20. The molecular formula is C8H10ClN3O2S. The van der Waals surface area contributed by atoms with Crippen molar-refractivity contribution < 1.29 is 4.92 Å². The van der Waals surface area contributed by atoms with Crippen LogP contribution in [0.5, 0.6) is 0 Å². The number of nitrogens with one attached hydrogen (secondary N) is 2. The van der Waals surface area contributed by atoms with Gasteiger partial charge < -0.3 is 5.32 Å². The molecule has 0 aromatic heterocycles. The molecule has 0 saturated carbocycles. The highest BCUT2D eigenvalue weighted by Gasteiger charge is 2.12. The normalized spacial score (nSPS) is 10.0. The molecule has 0 heterocycles. The smallest absolute Gasteiger partial charge is 0.289 e. The summed E-state index contributed by atoms with van der Waals surface area (Å²) in [5.41, 5.74) is 0.565. The lowest BCUT2D eigenvalue weighted by molar-refractivity contribution is -0.384. The van der Waals surface area contributed by atoms with E-state index in [0.717, 1.165) is 0 Å². The number of rotatable bonds is 5. The van der Waals surface area contributed by atoms with Crippen LogP contribution >= 0.6 is 24.4 Å². The maximum atomic E-state index is 10.6. The largest absolute Gasteiger partial charge is 0.384 e. The van der Waals surface area contributed by atoms with E-state index in [1.807, 2.05) is 0 Å². The first-order valence-corrected chi connectivity index (χ1v) is 5.02. The van der Waals surface area contributed by atoms with Crippen LogP contribution in [0.4, 0.5) is 11.4 Å². The molecule has 0 spiro atoms. The Hall–Kier alpha value is -0.980. The Balaban J connectivity index is 2.74. The van der Waals surface area contributed by atoms with Gasteiger partial charge in [0.25, 0.3) is 5.69 Å². The van der Waals surface area contributed by atoms with Gasteiger partial charge in [-0.05, 0) is 12.1 Å². The van der Waals surface area contributed by atoms with Crippen LogP contribution in [-0.4, -0.2) is 18.0 Å². The van der Waals surface area contributed by atoms with Crippen molar-refractivity contribution in [1.29, 1.82) is 0 Å². The van der Waals surface area contributed by atoms with E-state index in [1.54, 1.807) is 6.07 Å². The lowest BCUT2D eigenvalue weighted by Crippen LogP contribution is -2.14. The molecule has 0 unspecified atom stereocenters. The highest BCUT2D eigenvalue weighted by Crippen LogP contribution is 2.27. The minimum absolute atomic E-state index is 0.0968. The summed E-state index contributed by atoms with van der Waals surface area (Å²) in [5.74, 6) is 0. The van der Waals surface area contributed by atoms with Crippen molar-refractivity contribution >= 4 is 35.8 Å². The van der Waals surface area contributed by atoms with E-state index in [1.165, 1.54) is 12.1 Å². The first kappa shape index (κ1) is 12.1. The van der Waals surface area contributed by atoms with Crippen LogP contribution < -0.4 is 10.0 Å². The maximum Gasteiger partial charge on any atom is 0.289 e. The summed E-state index contributed by atoms with van der Waals surface area (Å²) < 4.78 is 2.66. The third kappa shape index (κ3) is 3.58. The number of nitro groups is 1. The van der Waals surface area contributed by atoms with E-state index >= 15 is 0 Å². The van der Waals surface area contributed by atoms with E-state index in [-0.39, 0.29) is 10.7 Å². The standard InChI is InChI=1S/C8H10ClN3O2S/c9-7-2-1-6(10-3-4-11-15)5-8(7)12(13)14/h1-2,5,10-11,15H,3-4H2. The predicted octanol–water partition coefficient (Wildman–Crippen LogP) is 2.09. The van der Waals surface area contributed by atoms with Gasteiger partial charge in [0.2, 0.25) is 0 Å². The highest BCUT2D eigenvalue weighted by atomic mass is 35.5. The molecule has 0 amide bonds. The molecule has 1 aromatic rings. The van der Waals surface area contributed by atoms with Gasteiger partial charge in [-0.15, -0.1) is 0 Å². The first-order chi connectivity index (χ1) is 7.15. The molecule has 0 fully saturated rings. The Morgan fingerprint density at radius 1 is 1.47 bits per heavy atom. The van der Waals surface area contributed by atoms with Crippen molar-refractivity contribution in [3.05, 3.63) is 33.3 Å². The molecule has 15 heavy (non-hydrogen) atoms. The van der Waals surface area contributed by atoms with E-state index in [9.17, 15) is 10.1 Å². The van der Waals surface area contributed by atoms with Gasteiger partial charge in [-0.1, -0.05) is 24.4 Å². The minimum atomic E-state index is -0.510. The number of hydrogen-bond donors (Lipinski definition) is 3. The van der Waals surface area contributed by atoms with Gasteiger partial charge in [0.05, 0.1) is 4.92 Å². The van der Waals surface area contributed by atoms with Gasteiger partial charge in [0, 0.05) is 24.8 Å². The quantitative estimate of drug-likeness (QED) is 0.323. The summed E-state index contributed by atoms with van der Waals surface area (Å²) in [4.78, 5) is 10.1. The van der Waals surface area contributed by atoms with Crippen LogP contribution in [0.2, 0.25) is 5.02 Å². The number of benzene rings is 1. The molecule has 0 atom stereocenters. The van der Waals surface area contributed by atoms with E-state index in [2.05, 4.69) is 22.9 Å². The van der Waals surface area contributed by atoms with Gasteiger partial charge >= 0.3 is 0 Å². The summed E-state index contributed by atoms with van der Waals surface area (Å²) in [6.45, 7) is 1.28. The van der Waals surface area contributed by atoms with Crippen molar-refractivity contribution in [2.24, 2.45) is 0 Å². The fraction of sp³-hybridized carbons (Fsp3) is 0.250. The molecular weight excluding hydrogens is 238 g/mol. The van der Waals surface area contributed by atoms with E-state index in [0.29, 0.717) is 18.8 Å². The zero-order chi connectivity index (χ0) is 11.3. The number of thiol groups is 1. The number of halogens is 1. The second-order valence-corrected chi connectivity index (χ2v) is 3.48. The molecule has 5 nitrogen and oxygen atoms in total. The highest BCUT2D eigenvalue weighted by molar-refractivity contribution is 7.78. The van der Waals surface area contributed by atoms with E-state index < -0.39 is 4.92 Å². The van der Waals surface area contributed by atoms with Gasteiger partial charge in [0.1, 0.15) is 5.02 Å². The summed E-state index contributed by atoms with van der Waals surface area (Å²) >= 11 is 9.48. The van der Waals surface area contributed by atoms with E-state index in [4.69, 9.17) is 11.6 Å². The van der Waals surface area contributed by atoms with Crippen LogP contribution in [-0.2, 0) is 0 Å². The monoisotopic (exact) mass is 247 g/mol. The second kappa shape index (κ2) is 5.79. The topological polar surface area (TPSA) is 67.2 Å². The summed E-state index contributed by atoms with van der Waals surface area (Å²) in [5, 5.41) is 13.7. The van der Waals surface area contributed by atoms with Crippen molar-refractivity contribution in [3.8, 4) is 0 Å². The average molecular weight is 248 g/mol. The molecule has 1 aromatic carbocycles. The van der Waals surface area contributed by atoms with Crippen molar-refractivity contribution in [1.82, 2.24) is 4.72 Å². The zero-order valence-electron chi connectivity index (χ0n) is 7.74. The maximum absolute atomic E-state index is 10.6. The second-order valence-electron chi connectivity index (χ2n) is 2.76. The third-order valence-corrected chi connectivity index (χ3v) is 2.25. The third-order valence-electron chi connectivity index (χ3n) is 1.71. The lowest BCUT2D eigenvalue weighted by atomic mass is 10.3. The SMILES string of the molecule is O=[N+]([O-])c1cc(NCCNS)ccc1Cl. The fourth-order valence-corrected chi connectivity index (χ4v) is 1.32. The molecule has 82 valence electrons. The van der Waals surface area contributed by atoms with Crippen LogP contribution in [0.3, 0.4) is 0 Å². The summed E-state index contributed by atoms with van der Waals surface area (Å²) in [6, 6.07) is 4.59. The Bertz CT molecular complexity index is 362. The molecule has 0 aliphatic carbocycles. The molecule has 0 aliphatic rings. The molecule has 0 bridgehead atoms. The Kier molecular flexibility index (Phi) is 4.67. The van der Waals surface area contributed by atoms with Gasteiger partial charge in [-0.25, -0.2) is 0 Å². The van der Waals surface area contributed by atoms with Gasteiger partial charge in [-0.3, -0.25) is 14.8 Å². The van der Waals surface area contributed by atoms with Gasteiger partial charge in [-0.2, -0.15) is 0 Å². The van der Waals surface area contributed by atoms with Crippen LogP contribution in [0.25, 0.3) is 0 Å². The molecule has 1 rings (SSSR count). The predicted molar refractivity (Wildman–Crippen MR) is 63.6 cm³/mol. The average Bonchev–Trinajstić information content (AvgIpc) is 2.20. The molecule has 2 N–H and O–H groups in total. The molecule has 0 saturated heterocycles. The zero-order valence-corrected chi connectivity index (χ0v) is 9.39. The van der Waals surface area contributed by atoms with Gasteiger partial charge in [0.15, 0.2) is 0 Å². The molecule has 0 aliphatic heterocycles. The summed E-state index contributed by atoms with van der Waals surface area (Å²) in [6.07, 6.45) is 0. The van der Waals surface area contributed by atoms with Crippen LogP contribution in [0, 0.1) is 10.1 Å². The fourth-order valence-electron chi connectivity index (χ4n) is 1.03. The van der Waals surface area contributed by atoms with Crippen LogP contribution in [0.15, 0.2) is 18.2 Å². The number of anilines is 1. The lowest BCUT2D eigenvalue weighted by Gasteiger charge is -2.05. The summed E-state index contributed by atoms with van der Waals surface area (Å²) in [7, 11) is 0. The van der Waals surface area contributed by atoms with Crippen LogP contribution in [0.1, 0.15) is 0 Å². The minimum Gasteiger partial charge on any atom is -0.384 e. The van der Waals surface area contributed by atoms with Crippen molar-refractivity contribution in [2.75, 3.05) is 18.4 Å². The number of hydrogen-bond acceptors (Lipinski definition) is 5. The Labute approximate surface area is 97.5 Å². The number of nitro benzene ring substituents is 1.